The fourth-order valence-electron chi connectivity index (χ4n) is 3.12. The van der Waals surface area contributed by atoms with E-state index in [4.69, 9.17) is 5.11 Å². The Balaban J connectivity index is 2.87. The zero-order valence-electron chi connectivity index (χ0n) is 11.2. The van der Waals surface area contributed by atoms with Gasteiger partial charge in [-0.3, -0.25) is 9.69 Å². The molecule has 0 bridgehead atoms. The van der Waals surface area contributed by atoms with Gasteiger partial charge in [0.05, 0.1) is 0 Å². The monoisotopic (exact) mass is 227 g/mol. The molecular weight excluding hydrogens is 202 g/mol. The Morgan fingerprint density at radius 3 is 2.44 bits per heavy atom. The van der Waals surface area contributed by atoms with Crippen LogP contribution in [0.1, 0.15) is 53.9 Å². The highest BCUT2D eigenvalue weighted by molar-refractivity contribution is 5.67. The van der Waals surface area contributed by atoms with E-state index < -0.39 is 5.97 Å². The molecule has 0 saturated carbocycles. The van der Waals surface area contributed by atoms with E-state index in [1.807, 2.05) is 0 Å². The summed E-state index contributed by atoms with van der Waals surface area (Å²) in [5.41, 5.74) is 0.0928. The number of rotatable bonds is 2. The van der Waals surface area contributed by atoms with Gasteiger partial charge in [-0.05, 0) is 59.9 Å². The maximum absolute atomic E-state index is 10.9. The van der Waals surface area contributed by atoms with Gasteiger partial charge in [-0.1, -0.05) is 0 Å². The van der Waals surface area contributed by atoms with Crippen LogP contribution in [0.15, 0.2) is 0 Å². The molecular formula is C13H25NO2. The van der Waals surface area contributed by atoms with E-state index in [9.17, 15) is 4.79 Å². The lowest BCUT2D eigenvalue weighted by molar-refractivity contribution is -0.141. The van der Waals surface area contributed by atoms with Gasteiger partial charge in [0.25, 0.3) is 0 Å². The van der Waals surface area contributed by atoms with E-state index in [0.717, 1.165) is 19.4 Å². The standard InChI is InChI=1S/C13H25NO2/c1-12(2,3)14-8-6-7-10(9-11(15)16)13(14,4)5/h10H,6-9H2,1-5H3,(H,15,16). The summed E-state index contributed by atoms with van der Waals surface area (Å²) in [5, 5.41) is 8.97. The van der Waals surface area contributed by atoms with Crippen LogP contribution >= 0.6 is 0 Å². The molecule has 1 aliphatic rings. The second-order valence-corrected chi connectivity index (χ2v) is 6.41. The largest absolute Gasteiger partial charge is 0.481 e. The Morgan fingerprint density at radius 1 is 1.44 bits per heavy atom. The molecule has 1 unspecified atom stereocenters. The number of nitrogens with zero attached hydrogens (tertiary/aromatic N) is 1. The molecule has 1 heterocycles. The molecule has 0 aliphatic carbocycles. The molecule has 3 heteroatoms. The highest BCUT2D eigenvalue weighted by atomic mass is 16.4. The highest BCUT2D eigenvalue weighted by Crippen LogP contribution is 2.39. The normalized spacial score (nSPS) is 26.7. The maximum atomic E-state index is 10.9. The molecule has 1 aliphatic heterocycles. The fraction of sp³-hybridized carbons (Fsp3) is 0.923. The molecule has 94 valence electrons. The lowest BCUT2D eigenvalue weighted by Crippen LogP contribution is -2.60. The van der Waals surface area contributed by atoms with Crippen LogP contribution in [0, 0.1) is 5.92 Å². The number of piperidine rings is 1. The van der Waals surface area contributed by atoms with Crippen LogP contribution in [0.25, 0.3) is 0 Å². The number of aliphatic carboxylic acids is 1. The van der Waals surface area contributed by atoms with Gasteiger partial charge < -0.3 is 5.11 Å². The summed E-state index contributed by atoms with van der Waals surface area (Å²) in [6.45, 7) is 12.1. The third-order valence-electron chi connectivity index (χ3n) is 3.86. The second-order valence-electron chi connectivity index (χ2n) is 6.41. The smallest absolute Gasteiger partial charge is 0.303 e. The van der Waals surface area contributed by atoms with Crippen molar-refractivity contribution in [1.82, 2.24) is 4.90 Å². The van der Waals surface area contributed by atoms with Gasteiger partial charge in [0.15, 0.2) is 0 Å². The van der Waals surface area contributed by atoms with Crippen LogP contribution in [0.4, 0.5) is 0 Å². The minimum atomic E-state index is -0.672. The summed E-state index contributed by atoms with van der Waals surface area (Å²) in [5.74, 6) is -0.410. The Morgan fingerprint density at radius 2 is 2.00 bits per heavy atom. The molecule has 3 nitrogen and oxygen atoms in total. The molecule has 0 amide bonds. The van der Waals surface area contributed by atoms with E-state index in [1.165, 1.54) is 0 Å². The number of carboxylic acids is 1. The Labute approximate surface area is 98.8 Å². The molecule has 0 radical (unpaired) electrons. The van der Waals surface area contributed by atoms with E-state index in [1.54, 1.807) is 0 Å². The first-order valence-electron chi connectivity index (χ1n) is 6.15. The molecule has 1 atom stereocenters. The summed E-state index contributed by atoms with van der Waals surface area (Å²) in [7, 11) is 0. The van der Waals surface area contributed by atoms with Crippen LogP contribution in [-0.2, 0) is 4.79 Å². The van der Waals surface area contributed by atoms with Crippen molar-refractivity contribution in [2.45, 2.75) is 65.0 Å². The molecule has 16 heavy (non-hydrogen) atoms. The quantitative estimate of drug-likeness (QED) is 0.788. The lowest BCUT2D eigenvalue weighted by Gasteiger charge is -2.54. The predicted octanol–water partition coefficient (Wildman–Crippen LogP) is 2.75. The van der Waals surface area contributed by atoms with Crippen molar-refractivity contribution in [3.8, 4) is 0 Å². The van der Waals surface area contributed by atoms with Gasteiger partial charge in [-0.2, -0.15) is 0 Å². The highest BCUT2D eigenvalue weighted by Gasteiger charge is 2.43. The number of likely N-dealkylation sites (tertiary alicyclic amines) is 1. The van der Waals surface area contributed by atoms with Gasteiger partial charge in [0, 0.05) is 17.5 Å². The second kappa shape index (κ2) is 4.36. The first kappa shape index (κ1) is 13.5. The van der Waals surface area contributed by atoms with Crippen molar-refractivity contribution in [2.75, 3.05) is 6.54 Å². The molecule has 0 spiro atoms. The minimum absolute atomic E-state index is 0.0190. The first-order chi connectivity index (χ1) is 7.15. The lowest BCUT2D eigenvalue weighted by atomic mass is 9.75. The third kappa shape index (κ3) is 2.76. The van der Waals surface area contributed by atoms with Crippen molar-refractivity contribution in [3.63, 3.8) is 0 Å². The molecule has 1 rings (SSSR count). The summed E-state index contributed by atoms with van der Waals surface area (Å²) >= 11 is 0. The molecule has 1 saturated heterocycles. The predicted molar refractivity (Wildman–Crippen MR) is 65.5 cm³/mol. The Hall–Kier alpha value is -0.570. The maximum Gasteiger partial charge on any atom is 0.303 e. The topological polar surface area (TPSA) is 40.5 Å². The van der Waals surface area contributed by atoms with Crippen molar-refractivity contribution >= 4 is 5.97 Å². The molecule has 0 aromatic carbocycles. The summed E-state index contributed by atoms with van der Waals surface area (Å²) in [4.78, 5) is 13.3. The van der Waals surface area contributed by atoms with Gasteiger partial charge in [0.1, 0.15) is 0 Å². The van der Waals surface area contributed by atoms with Crippen LogP contribution in [-0.4, -0.2) is 33.6 Å². The van der Waals surface area contributed by atoms with Crippen LogP contribution in [0.2, 0.25) is 0 Å². The molecule has 0 aromatic heterocycles. The summed E-state index contributed by atoms with van der Waals surface area (Å²) < 4.78 is 0. The van der Waals surface area contributed by atoms with E-state index in [-0.39, 0.29) is 17.0 Å². The Bertz CT molecular complexity index is 266. The SMILES string of the molecule is CC(C)(C)N1CCCC(CC(=O)O)C1(C)C. The van der Waals surface area contributed by atoms with Gasteiger partial charge >= 0.3 is 5.97 Å². The summed E-state index contributed by atoms with van der Waals surface area (Å²) in [6, 6.07) is 0. The summed E-state index contributed by atoms with van der Waals surface area (Å²) in [6.07, 6.45) is 2.43. The first-order valence-corrected chi connectivity index (χ1v) is 6.15. The average molecular weight is 227 g/mol. The zero-order valence-corrected chi connectivity index (χ0v) is 11.2. The fourth-order valence-corrected chi connectivity index (χ4v) is 3.12. The van der Waals surface area contributed by atoms with Crippen molar-refractivity contribution in [3.05, 3.63) is 0 Å². The number of hydrogen-bond acceptors (Lipinski definition) is 2. The van der Waals surface area contributed by atoms with E-state index in [2.05, 4.69) is 39.5 Å². The van der Waals surface area contributed by atoms with Gasteiger partial charge in [-0.15, -0.1) is 0 Å². The van der Waals surface area contributed by atoms with Crippen LogP contribution in [0.5, 0.6) is 0 Å². The molecule has 0 aromatic rings. The van der Waals surface area contributed by atoms with Crippen molar-refractivity contribution in [1.29, 1.82) is 0 Å². The third-order valence-corrected chi connectivity index (χ3v) is 3.86. The van der Waals surface area contributed by atoms with Crippen LogP contribution in [0.3, 0.4) is 0 Å². The van der Waals surface area contributed by atoms with Gasteiger partial charge in [-0.25, -0.2) is 0 Å². The van der Waals surface area contributed by atoms with Crippen LogP contribution < -0.4 is 0 Å². The Kier molecular flexibility index (Phi) is 3.68. The number of carboxylic acid groups (broad SMARTS) is 1. The minimum Gasteiger partial charge on any atom is -0.481 e. The van der Waals surface area contributed by atoms with Crippen molar-refractivity contribution < 1.29 is 9.90 Å². The number of carbonyl (C=O) groups is 1. The zero-order chi connectivity index (χ0) is 12.6. The molecule has 1 fully saturated rings. The van der Waals surface area contributed by atoms with Gasteiger partial charge in [0.2, 0.25) is 0 Å². The molecule has 1 N–H and O–H groups in total. The number of hydrogen-bond donors (Lipinski definition) is 1. The van der Waals surface area contributed by atoms with E-state index in [0.29, 0.717) is 6.42 Å². The average Bonchev–Trinajstić information content (AvgIpc) is 2.05. The van der Waals surface area contributed by atoms with Crippen molar-refractivity contribution in [2.24, 2.45) is 5.92 Å². The van der Waals surface area contributed by atoms with E-state index >= 15 is 0 Å².